The highest BCUT2D eigenvalue weighted by atomic mass is 16.5. The molecule has 0 aromatic heterocycles. The maximum atomic E-state index is 11.8. The first-order valence-corrected chi connectivity index (χ1v) is 6.38. The third kappa shape index (κ3) is 3.13. The van der Waals surface area contributed by atoms with Crippen LogP contribution in [0.15, 0.2) is 0 Å². The predicted octanol–water partition coefficient (Wildman–Crippen LogP) is 0.718. The van der Waals surface area contributed by atoms with Gasteiger partial charge in [-0.2, -0.15) is 0 Å². The molecule has 1 aliphatic heterocycles. The molecule has 2 aliphatic rings. The lowest BCUT2D eigenvalue weighted by molar-refractivity contribution is -0.141. The van der Waals surface area contributed by atoms with Crippen molar-refractivity contribution in [2.45, 2.75) is 44.2 Å². The molecule has 0 radical (unpaired) electrons. The van der Waals surface area contributed by atoms with Gasteiger partial charge in [-0.25, -0.2) is 4.79 Å². The van der Waals surface area contributed by atoms with Crippen LogP contribution in [0.2, 0.25) is 0 Å². The molecule has 1 saturated heterocycles. The highest BCUT2D eigenvalue weighted by Crippen LogP contribution is 2.25. The summed E-state index contributed by atoms with van der Waals surface area (Å²) in [5.41, 5.74) is -0.297. The number of amides is 2. The normalized spacial score (nSPS) is 35.4. The number of ether oxygens (including phenoxy) is 1. The standard InChI is InChI=1S/C12H20N2O4/c1-12(4-5-18-7-12)14-11(17)13-9-3-2-8(6-9)10(15)16/h8-9H,2-7H2,1H3,(H,15,16)(H2,13,14,17). The van der Waals surface area contributed by atoms with Gasteiger partial charge in [0.2, 0.25) is 0 Å². The van der Waals surface area contributed by atoms with Gasteiger partial charge in [0.25, 0.3) is 0 Å². The highest BCUT2D eigenvalue weighted by Gasteiger charge is 2.34. The summed E-state index contributed by atoms with van der Waals surface area (Å²) in [5.74, 6) is -1.09. The number of carboxylic acids is 1. The molecule has 2 amide bonds. The average Bonchev–Trinajstić information content (AvgIpc) is 2.87. The Morgan fingerprint density at radius 2 is 2.17 bits per heavy atom. The summed E-state index contributed by atoms with van der Waals surface area (Å²) in [6.45, 7) is 3.15. The number of hydrogen-bond acceptors (Lipinski definition) is 3. The summed E-state index contributed by atoms with van der Waals surface area (Å²) in [7, 11) is 0. The third-order valence-corrected chi connectivity index (χ3v) is 3.75. The fourth-order valence-electron chi connectivity index (χ4n) is 2.60. The molecule has 0 bridgehead atoms. The van der Waals surface area contributed by atoms with Crippen molar-refractivity contribution in [1.82, 2.24) is 10.6 Å². The summed E-state index contributed by atoms with van der Waals surface area (Å²) in [4.78, 5) is 22.6. The second kappa shape index (κ2) is 5.14. The van der Waals surface area contributed by atoms with E-state index in [2.05, 4.69) is 10.6 Å². The van der Waals surface area contributed by atoms with Crippen molar-refractivity contribution in [3.63, 3.8) is 0 Å². The molecule has 2 rings (SSSR count). The molecular formula is C12H20N2O4. The number of nitrogens with one attached hydrogen (secondary N) is 2. The van der Waals surface area contributed by atoms with Crippen LogP contribution < -0.4 is 10.6 Å². The Hall–Kier alpha value is -1.30. The van der Waals surface area contributed by atoms with Crippen molar-refractivity contribution < 1.29 is 19.4 Å². The molecule has 1 saturated carbocycles. The van der Waals surface area contributed by atoms with Crippen LogP contribution in [-0.4, -0.2) is 41.9 Å². The molecule has 3 N–H and O–H groups in total. The minimum absolute atomic E-state index is 0.0305. The third-order valence-electron chi connectivity index (χ3n) is 3.75. The zero-order valence-corrected chi connectivity index (χ0v) is 10.6. The van der Waals surface area contributed by atoms with Crippen molar-refractivity contribution in [3.05, 3.63) is 0 Å². The van der Waals surface area contributed by atoms with Gasteiger partial charge in [0, 0.05) is 12.6 Å². The number of urea groups is 1. The molecule has 1 heterocycles. The molecule has 0 aromatic rings. The zero-order chi connectivity index (χ0) is 13.2. The molecular weight excluding hydrogens is 236 g/mol. The van der Waals surface area contributed by atoms with E-state index < -0.39 is 5.97 Å². The van der Waals surface area contributed by atoms with E-state index in [1.54, 1.807) is 0 Å². The quantitative estimate of drug-likeness (QED) is 0.694. The first kappa shape index (κ1) is 13.1. The van der Waals surface area contributed by atoms with Gasteiger partial charge in [-0.3, -0.25) is 4.79 Å². The second-order valence-corrected chi connectivity index (χ2v) is 5.51. The van der Waals surface area contributed by atoms with Crippen molar-refractivity contribution in [2.75, 3.05) is 13.2 Å². The van der Waals surface area contributed by atoms with Crippen molar-refractivity contribution in [1.29, 1.82) is 0 Å². The van der Waals surface area contributed by atoms with Gasteiger partial charge in [0.05, 0.1) is 18.1 Å². The van der Waals surface area contributed by atoms with Crippen LogP contribution >= 0.6 is 0 Å². The minimum Gasteiger partial charge on any atom is -0.481 e. The Kier molecular flexibility index (Phi) is 3.75. The van der Waals surface area contributed by atoms with Crippen LogP contribution in [0.3, 0.4) is 0 Å². The van der Waals surface area contributed by atoms with Crippen molar-refractivity contribution in [3.8, 4) is 0 Å². The van der Waals surface area contributed by atoms with Crippen LogP contribution in [-0.2, 0) is 9.53 Å². The fraction of sp³-hybridized carbons (Fsp3) is 0.833. The lowest BCUT2D eigenvalue weighted by atomic mass is 10.0. The minimum atomic E-state index is -0.768. The van der Waals surface area contributed by atoms with Crippen LogP contribution in [0.4, 0.5) is 4.79 Å². The Labute approximate surface area is 106 Å². The molecule has 6 heteroatoms. The van der Waals surface area contributed by atoms with Crippen molar-refractivity contribution in [2.24, 2.45) is 5.92 Å². The van der Waals surface area contributed by atoms with Crippen molar-refractivity contribution >= 4 is 12.0 Å². The highest BCUT2D eigenvalue weighted by molar-refractivity contribution is 5.75. The molecule has 0 spiro atoms. The number of carbonyl (C=O) groups excluding carboxylic acids is 1. The second-order valence-electron chi connectivity index (χ2n) is 5.51. The van der Waals surface area contributed by atoms with E-state index in [4.69, 9.17) is 9.84 Å². The molecule has 18 heavy (non-hydrogen) atoms. The van der Waals surface area contributed by atoms with Gasteiger partial charge < -0.3 is 20.5 Å². The maximum absolute atomic E-state index is 11.8. The van der Waals surface area contributed by atoms with E-state index in [0.717, 1.165) is 12.8 Å². The van der Waals surface area contributed by atoms with Gasteiger partial charge in [0.1, 0.15) is 0 Å². The van der Waals surface area contributed by atoms with Gasteiger partial charge in [-0.15, -0.1) is 0 Å². The molecule has 0 aromatic carbocycles. The number of aliphatic carboxylic acids is 1. The largest absolute Gasteiger partial charge is 0.481 e. The summed E-state index contributed by atoms with van der Waals surface area (Å²) in [6, 6.07) is -0.254. The monoisotopic (exact) mass is 256 g/mol. The first-order valence-electron chi connectivity index (χ1n) is 6.38. The summed E-state index contributed by atoms with van der Waals surface area (Å²) in [5, 5.41) is 14.6. The summed E-state index contributed by atoms with van der Waals surface area (Å²) < 4.78 is 5.26. The molecule has 3 unspecified atom stereocenters. The zero-order valence-electron chi connectivity index (χ0n) is 10.6. The van der Waals surface area contributed by atoms with E-state index in [1.807, 2.05) is 6.92 Å². The lowest BCUT2D eigenvalue weighted by Crippen LogP contribution is -2.52. The van der Waals surface area contributed by atoms with E-state index in [1.165, 1.54) is 0 Å². The van der Waals surface area contributed by atoms with E-state index in [-0.39, 0.29) is 23.5 Å². The Morgan fingerprint density at radius 1 is 1.39 bits per heavy atom. The molecule has 3 atom stereocenters. The first-order chi connectivity index (χ1) is 8.48. The fourth-order valence-corrected chi connectivity index (χ4v) is 2.60. The Balaban J connectivity index is 1.76. The van der Waals surface area contributed by atoms with E-state index >= 15 is 0 Å². The summed E-state index contributed by atoms with van der Waals surface area (Å²) in [6.07, 6.45) is 2.71. The Morgan fingerprint density at radius 3 is 2.72 bits per heavy atom. The van der Waals surface area contributed by atoms with E-state index in [9.17, 15) is 9.59 Å². The smallest absolute Gasteiger partial charge is 0.315 e. The van der Waals surface area contributed by atoms with Crippen LogP contribution in [0.1, 0.15) is 32.6 Å². The van der Waals surface area contributed by atoms with Gasteiger partial charge in [-0.1, -0.05) is 0 Å². The number of carboxylic acid groups (broad SMARTS) is 1. The average molecular weight is 256 g/mol. The van der Waals surface area contributed by atoms with Gasteiger partial charge in [0.15, 0.2) is 0 Å². The van der Waals surface area contributed by atoms with Crippen LogP contribution in [0, 0.1) is 5.92 Å². The predicted molar refractivity (Wildman–Crippen MR) is 64.3 cm³/mol. The molecule has 1 aliphatic carbocycles. The van der Waals surface area contributed by atoms with Crippen LogP contribution in [0.5, 0.6) is 0 Å². The number of hydrogen-bond donors (Lipinski definition) is 3. The van der Waals surface area contributed by atoms with E-state index in [0.29, 0.717) is 26.1 Å². The molecule has 2 fully saturated rings. The summed E-state index contributed by atoms with van der Waals surface area (Å²) >= 11 is 0. The van der Waals surface area contributed by atoms with Crippen LogP contribution in [0.25, 0.3) is 0 Å². The molecule has 6 nitrogen and oxygen atoms in total. The topological polar surface area (TPSA) is 87.7 Å². The van der Waals surface area contributed by atoms with Gasteiger partial charge >= 0.3 is 12.0 Å². The van der Waals surface area contributed by atoms with Gasteiger partial charge in [-0.05, 0) is 32.6 Å². The number of rotatable bonds is 3. The maximum Gasteiger partial charge on any atom is 0.315 e. The lowest BCUT2D eigenvalue weighted by Gasteiger charge is -2.25. The SMILES string of the molecule is CC1(NC(=O)NC2CCC(C(=O)O)C2)CCOC1. The number of carbonyl (C=O) groups is 2. The Bertz CT molecular complexity index is 339. The molecule has 102 valence electrons.